The molecule has 1 atom stereocenters. The van der Waals surface area contributed by atoms with Crippen LogP contribution in [0.25, 0.3) is 0 Å². The van der Waals surface area contributed by atoms with Crippen molar-refractivity contribution in [2.75, 3.05) is 40.9 Å². The molecule has 2 aromatic rings. The molecule has 0 aliphatic carbocycles. The number of hydrogen-bond donors (Lipinski definition) is 2. The first-order chi connectivity index (χ1) is 14.1. The number of hydrogen-bond acceptors (Lipinski definition) is 5. The summed E-state index contributed by atoms with van der Waals surface area (Å²) in [6, 6.07) is 10.1. The first-order valence-corrected chi connectivity index (χ1v) is 10.1. The molecule has 7 heteroatoms. The number of aliphatic imine (C=N–C) groups is 1. The second-order valence-corrected chi connectivity index (χ2v) is 7.19. The van der Waals surface area contributed by atoms with Crippen molar-refractivity contribution in [3.8, 4) is 11.5 Å². The fraction of sp³-hybridized carbons (Fsp3) is 0.500. The van der Waals surface area contributed by atoms with Crippen molar-refractivity contribution in [2.45, 2.75) is 32.4 Å². The zero-order valence-corrected chi connectivity index (χ0v) is 17.8. The maximum atomic E-state index is 5.94. The van der Waals surface area contributed by atoms with Gasteiger partial charge in [-0.1, -0.05) is 0 Å². The van der Waals surface area contributed by atoms with E-state index in [0.29, 0.717) is 6.54 Å². The SMILES string of the molecule is CN=C(NCc1ccc(OC)cc1OC)NCC(c1ccc(C)o1)N1CCCC1. The summed E-state index contributed by atoms with van der Waals surface area (Å²) in [5.74, 6) is 4.25. The molecule has 1 aromatic carbocycles. The summed E-state index contributed by atoms with van der Waals surface area (Å²) in [6.45, 7) is 5.51. The number of guanidine groups is 1. The lowest BCUT2D eigenvalue weighted by Gasteiger charge is -2.27. The summed E-state index contributed by atoms with van der Waals surface area (Å²) in [6.07, 6.45) is 2.47. The van der Waals surface area contributed by atoms with Crippen LogP contribution in [0.5, 0.6) is 11.5 Å². The lowest BCUT2D eigenvalue weighted by molar-refractivity contribution is 0.213. The fourth-order valence-corrected chi connectivity index (χ4v) is 3.69. The van der Waals surface area contributed by atoms with Gasteiger partial charge in [-0.15, -0.1) is 0 Å². The van der Waals surface area contributed by atoms with Crippen molar-refractivity contribution in [1.29, 1.82) is 0 Å². The predicted octanol–water partition coefficient (Wildman–Crippen LogP) is 3.11. The first kappa shape index (κ1) is 21.0. The molecule has 0 bridgehead atoms. The summed E-state index contributed by atoms with van der Waals surface area (Å²) < 4.78 is 16.7. The van der Waals surface area contributed by atoms with E-state index in [1.165, 1.54) is 12.8 Å². The third kappa shape index (κ3) is 5.44. The molecule has 1 aromatic heterocycles. The van der Waals surface area contributed by atoms with Crippen molar-refractivity contribution in [1.82, 2.24) is 15.5 Å². The Bertz CT molecular complexity index is 812. The number of furan rings is 1. The smallest absolute Gasteiger partial charge is 0.191 e. The minimum atomic E-state index is 0.195. The largest absolute Gasteiger partial charge is 0.497 e. The average Bonchev–Trinajstić information content (AvgIpc) is 3.42. The van der Waals surface area contributed by atoms with Gasteiger partial charge in [0.15, 0.2) is 5.96 Å². The third-order valence-electron chi connectivity index (χ3n) is 5.30. The van der Waals surface area contributed by atoms with E-state index in [0.717, 1.165) is 54.2 Å². The number of nitrogens with zero attached hydrogens (tertiary/aromatic N) is 2. The van der Waals surface area contributed by atoms with E-state index in [-0.39, 0.29) is 6.04 Å². The van der Waals surface area contributed by atoms with Gasteiger partial charge in [-0.3, -0.25) is 9.89 Å². The van der Waals surface area contributed by atoms with Gasteiger partial charge in [0.05, 0.1) is 20.3 Å². The van der Waals surface area contributed by atoms with Gasteiger partial charge in [0.25, 0.3) is 0 Å². The highest BCUT2D eigenvalue weighted by atomic mass is 16.5. The van der Waals surface area contributed by atoms with E-state index in [2.05, 4.69) is 26.6 Å². The van der Waals surface area contributed by atoms with Gasteiger partial charge in [0.2, 0.25) is 0 Å². The summed E-state index contributed by atoms with van der Waals surface area (Å²) >= 11 is 0. The van der Waals surface area contributed by atoms with E-state index in [1.807, 2.05) is 31.2 Å². The lowest BCUT2D eigenvalue weighted by atomic mass is 10.2. The van der Waals surface area contributed by atoms with Crippen LogP contribution in [-0.4, -0.2) is 51.8 Å². The van der Waals surface area contributed by atoms with Crippen LogP contribution in [-0.2, 0) is 6.54 Å². The molecule has 29 heavy (non-hydrogen) atoms. The fourth-order valence-electron chi connectivity index (χ4n) is 3.69. The number of rotatable bonds is 8. The number of aryl methyl sites for hydroxylation is 1. The van der Waals surface area contributed by atoms with Crippen LogP contribution in [0.15, 0.2) is 39.7 Å². The zero-order valence-electron chi connectivity index (χ0n) is 17.8. The van der Waals surface area contributed by atoms with Gasteiger partial charge in [-0.05, 0) is 57.1 Å². The van der Waals surface area contributed by atoms with Crippen LogP contribution in [0, 0.1) is 6.92 Å². The molecule has 1 aliphatic rings. The zero-order chi connectivity index (χ0) is 20.6. The van der Waals surface area contributed by atoms with Gasteiger partial charge in [-0.25, -0.2) is 0 Å². The molecule has 3 rings (SSSR count). The van der Waals surface area contributed by atoms with Gasteiger partial charge in [0.1, 0.15) is 23.0 Å². The van der Waals surface area contributed by atoms with Crippen LogP contribution in [0.4, 0.5) is 0 Å². The van der Waals surface area contributed by atoms with E-state index in [9.17, 15) is 0 Å². The van der Waals surface area contributed by atoms with Gasteiger partial charge >= 0.3 is 0 Å². The summed E-state index contributed by atoms with van der Waals surface area (Å²) in [5, 5.41) is 6.83. The molecule has 0 saturated carbocycles. The lowest BCUT2D eigenvalue weighted by Crippen LogP contribution is -2.42. The molecule has 0 amide bonds. The van der Waals surface area contributed by atoms with Crippen LogP contribution in [0.1, 0.15) is 36.0 Å². The molecule has 0 radical (unpaired) electrons. The Morgan fingerprint density at radius 2 is 1.93 bits per heavy atom. The second-order valence-electron chi connectivity index (χ2n) is 7.19. The minimum absolute atomic E-state index is 0.195. The number of nitrogens with one attached hydrogen (secondary N) is 2. The van der Waals surface area contributed by atoms with Crippen molar-refractivity contribution in [3.05, 3.63) is 47.4 Å². The second kappa shape index (κ2) is 10.2. The molecule has 1 fully saturated rings. The molecule has 1 aliphatic heterocycles. The van der Waals surface area contributed by atoms with Crippen molar-refractivity contribution >= 4 is 5.96 Å². The van der Waals surface area contributed by atoms with E-state index in [4.69, 9.17) is 13.9 Å². The molecule has 2 heterocycles. The van der Waals surface area contributed by atoms with Crippen LogP contribution >= 0.6 is 0 Å². The van der Waals surface area contributed by atoms with E-state index in [1.54, 1.807) is 21.3 Å². The molecule has 0 spiro atoms. The quantitative estimate of drug-likeness (QED) is 0.524. The first-order valence-electron chi connectivity index (χ1n) is 10.1. The number of methoxy groups -OCH3 is 2. The summed E-state index contributed by atoms with van der Waals surface area (Å²) in [5.41, 5.74) is 1.04. The van der Waals surface area contributed by atoms with Crippen molar-refractivity contribution in [2.24, 2.45) is 4.99 Å². The number of benzene rings is 1. The predicted molar refractivity (Wildman–Crippen MR) is 115 cm³/mol. The molecule has 7 nitrogen and oxygen atoms in total. The monoisotopic (exact) mass is 400 g/mol. The van der Waals surface area contributed by atoms with Gasteiger partial charge < -0.3 is 24.5 Å². The standard InChI is InChI=1S/C22H32N4O3/c1-16-7-10-20(29-16)19(26-11-5-6-12-26)15-25-22(23-2)24-14-17-8-9-18(27-3)13-21(17)28-4/h7-10,13,19H,5-6,11-12,14-15H2,1-4H3,(H2,23,24,25). The van der Waals surface area contributed by atoms with Crippen LogP contribution < -0.4 is 20.1 Å². The van der Waals surface area contributed by atoms with Crippen molar-refractivity contribution in [3.63, 3.8) is 0 Å². The molecular weight excluding hydrogens is 368 g/mol. The number of ether oxygens (including phenoxy) is 2. The van der Waals surface area contributed by atoms with Crippen molar-refractivity contribution < 1.29 is 13.9 Å². The Morgan fingerprint density at radius 1 is 1.14 bits per heavy atom. The Hall–Kier alpha value is -2.67. The maximum Gasteiger partial charge on any atom is 0.191 e. The molecular formula is C22H32N4O3. The highest BCUT2D eigenvalue weighted by Crippen LogP contribution is 2.26. The van der Waals surface area contributed by atoms with Gasteiger partial charge in [-0.2, -0.15) is 0 Å². The Kier molecular flexibility index (Phi) is 7.41. The van der Waals surface area contributed by atoms with E-state index < -0.39 is 0 Å². The molecule has 158 valence electrons. The highest BCUT2D eigenvalue weighted by molar-refractivity contribution is 5.79. The van der Waals surface area contributed by atoms with Crippen LogP contribution in [0.3, 0.4) is 0 Å². The topological polar surface area (TPSA) is 71.3 Å². The average molecular weight is 401 g/mol. The van der Waals surface area contributed by atoms with E-state index >= 15 is 0 Å². The highest BCUT2D eigenvalue weighted by Gasteiger charge is 2.26. The molecule has 2 N–H and O–H groups in total. The Balaban J connectivity index is 1.61. The maximum absolute atomic E-state index is 5.94. The summed E-state index contributed by atoms with van der Waals surface area (Å²) in [4.78, 5) is 6.85. The van der Waals surface area contributed by atoms with Crippen LogP contribution in [0.2, 0.25) is 0 Å². The normalized spacial score (nSPS) is 15.9. The van der Waals surface area contributed by atoms with Gasteiger partial charge in [0, 0.05) is 31.8 Å². The number of likely N-dealkylation sites (tertiary alicyclic amines) is 1. The summed E-state index contributed by atoms with van der Waals surface area (Å²) in [7, 11) is 5.09. The third-order valence-corrected chi connectivity index (χ3v) is 5.30. The minimum Gasteiger partial charge on any atom is -0.497 e. The Labute approximate surface area is 173 Å². The Morgan fingerprint density at radius 3 is 2.55 bits per heavy atom. The molecule has 1 unspecified atom stereocenters. The molecule has 1 saturated heterocycles.